The Morgan fingerprint density at radius 2 is 1.82 bits per heavy atom. The second-order valence-corrected chi connectivity index (χ2v) is 8.47. The van der Waals surface area contributed by atoms with E-state index in [9.17, 15) is 5.11 Å². The molecule has 152 valence electrons. The number of aliphatic hydroxyl groups is 1. The van der Waals surface area contributed by atoms with E-state index in [1.807, 2.05) is 26.2 Å². The molecule has 0 radical (unpaired) electrons. The molecule has 2 unspecified atom stereocenters. The highest BCUT2D eigenvalue weighted by atomic mass is 16.5. The number of aliphatic hydroxyl groups excluding tert-OH is 1. The predicted molar refractivity (Wildman–Crippen MR) is 120 cm³/mol. The second-order valence-electron chi connectivity index (χ2n) is 8.47. The number of likely N-dealkylation sites (N-methyl/N-ethyl adjacent to an activating group) is 1. The lowest BCUT2D eigenvalue weighted by Crippen LogP contribution is -2.38. The van der Waals surface area contributed by atoms with Gasteiger partial charge in [0.05, 0.1) is 19.3 Å². The van der Waals surface area contributed by atoms with Gasteiger partial charge in [-0.3, -0.25) is 0 Å². The van der Waals surface area contributed by atoms with Crippen LogP contribution in [0.3, 0.4) is 0 Å². The van der Waals surface area contributed by atoms with Crippen molar-refractivity contribution in [3.8, 4) is 0 Å². The van der Waals surface area contributed by atoms with E-state index in [1.54, 1.807) is 7.11 Å². The number of hydrogen-bond donors (Lipinski definition) is 1. The van der Waals surface area contributed by atoms with Crippen molar-refractivity contribution in [3.05, 3.63) is 72.0 Å². The largest absolute Gasteiger partial charge is 0.392 e. The molecule has 1 N–H and O–H groups in total. The van der Waals surface area contributed by atoms with E-state index in [2.05, 4.69) is 68.6 Å². The maximum absolute atomic E-state index is 9.86. The Kier molecular flexibility index (Phi) is 7.45. The van der Waals surface area contributed by atoms with E-state index < -0.39 is 0 Å². The van der Waals surface area contributed by atoms with Crippen molar-refractivity contribution in [1.82, 2.24) is 4.90 Å². The Labute approximate surface area is 170 Å². The molecule has 0 aromatic heterocycles. The number of benzene rings is 2. The third-order valence-electron chi connectivity index (χ3n) is 5.34. The normalized spacial score (nSPS) is 14.4. The first-order valence-electron chi connectivity index (χ1n) is 9.90. The molecule has 0 heterocycles. The molecule has 2 atom stereocenters. The summed E-state index contributed by atoms with van der Waals surface area (Å²) in [5.41, 5.74) is 3.40. The summed E-state index contributed by atoms with van der Waals surface area (Å²) in [6, 6.07) is 13.0. The van der Waals surface area contributed by atoms with Crippen LogP contribution in [0, 0.1) is 0 Å². The van der Waals surface area contributed by atoms with Crippen LogP contribution in [0.2, 0.25) is 0 Å². The number of rotatable bonds is 8. The summed E-state index contributed by atoms with van der Waals surface area (Å²) in [6.07, 6.45) is 4.03. The van der Waals surface area contributed by atoms with Crippen molar-refractivity contribution in [1.29, 1.82) is 0 Å². The van der Waals surface area contributed by atoms with Crippen molar-refractivity contribution >= 4 is 10.8 Å². The van der Waals surface area contributed by atoms with Crippen LogP contribution in [0.15, 0.2) is 60.8 Å². The molecule has 0 saturated carbocycles. The van der Waals surface area contributed by atoms with Crippen molar-refractivity contribution in [3.63, 3.8) is 0 Å². The summed E-state index contributed by atoms with van der Waals surface area (Å²) in [5.74, 6) is 0.0461. The van der Waals surface area contributed by atoms with Gasteiger partial charge >= 0.3 is 0 Å². The van der Waals surface area contributed by atoms with Gasteiger partial charge in [0, 0.05) is 20.1 Å². The van der Waals surface area contributed by atoms with Gasteiger partial charge in [-0.25, -0.2) is 0 Å². The first-order valence-corrected chi connectivity index (χ1v) is 9.90. The van der Waals surface area contributed by atoms with E-state index in [4.69, 9.17) is 4.74 Å². The molecule has 28 heavy (non-hydrogen) atoms. The molecule has 0 aliphatic rings. The molecule has 0 aliphatic heterocycles. The first kappa shape index (κ1) is 22.2. The standard InChI is InChI=1S/C25H35NO2/c1-8-15-26(6)24(18(2)16-27)22(17-28-7)20-13-14-23(25(3,4)5)21-12-10-9-11-19(20)21/h8-15,22,24,27H,2,16-17H2,1,3-7H3/b15-8-. The molecular formula is C25H35NO2. The number of allylic oxidation sites excluding steroid dienone is 1. The summed E-state index contributed by atoms with van der Waals surface area (Å²) >= 11 is 0. The molecule has 0 aliphatic carbocycles. The average Bonchev–Trinajstić information content (AvgIpc) is 2.66. The van der Waals surface area contributed by atoms with Gasteiger partial charge < -0.3 is 14.7 Å². The van der Waals surface area contributed by atoms with Gasteiger partial charge in [0.25, 0.3) is 0 Å². The summed E-state index contributed by atoms with van der Waals surface area (Å²) < 4.78 is 5.64. The van der Waals surface area contributed by atoms with E-state index in [0.717, 1.165) is 5.57 Å². The Bertz CT molecular complexity index is 832. The highest BCUT2D eigenvalue weighted by Gasteiger charge is 2.30. The number of fused-ring (bicyclic) bond motifs is 1. The summed E-state index contributed by atoms with van der Waals surface area (Å²) in [7, 11) is 3.76. The summed E-state index contributed by atoms with van der Waals surface area (Å²) in [5, 5.41) is 12.4. The van der Waals surface area contributed by atoms with Gasteiger partial charge in [0.2, 0.25) is 0 Å². The first-order chi connectivity index (χ1) is 13.3. The smallest absolute Gasteiger partial charge is 0.0659 e. The zero-order valence-corrected chi connectivity index (χ0v) is 18.2. The molecule has 2 rings (SSSR count). The summed E-state index contributed by atoms with van der Waals surface area (Å²) in [6.45, 7) is 13.4. The SMILES string of the molecule is C=C(CO)C(C(COC)c1ccc(C(C)(C)C)c2ccccc12)N(C)/C=C\C. The van der Waals surface area contributed by atoms with Gasteiger partial charge in [-0.2, -0.15) is 0 Å². The fourth-order valence-corrected chi connectivity index (χ4v) is 4.11. The molecule has 3 nitrogen and oxygen atoms in total. The van der Waals surface area contributed by atoms with Gasteiger partial charge in [-0.1, -0.05) is 69.8 Å². The van der Waals surface area contributed by atoms with Crippen LogP contribution in [0.4, 0.5) is 0 Å². The molecule has 0 saturated heterocycles. The Hall–Kier alpha value is -2.10. The minimum absolute atomic E-state index is 0.0461. The molecule has 2 aromatic carbocycles. The van der Waals surface area contributed by atoms with Crippen LogP contribution in [0.1, 0.15) is 44.7 Å². The van der Waals surface area contributed by atoms with Crippen molar-refractivity contribution in [2.75, 3.05) is 27.4 Å². The lowest BCUT2D eigenvalue weighted by molar-refractivity contribution is 0.146. The van der Waals surface area contributed by atoms with Crippen LogP contribution in [0.5, 0.6) is 0 Å². The molecule has 0 fully saturated rings. The second kappa shape index (κ2) is 9.40. The van der Waals surface area contributed by atoms with Crippen LogP contribution >= 0.6 is 0 Å². The van der Waals surface area contributed by atoms with Gasteiger partial charge in [-0.15, -0.1) is 0 Å². The topological polar surface area (TPSA) is 32.7 Å². The molecule has 0 bridgehead atoms. The monoisotopic (exact) mass is 381 g/mol. The van der Waals surface area contributed by atoms with Crippen LogP contribution < -0.4 is 0 Å². The third-order valence-corrected chi connectivity index (χ3v) is 5.34. The van der Waals surface area contributed by atoms with Crippen LogP contribution in [-0.4, -0.2) is 43.4 Å². The van der Waals surface area contributed by atoms with Crippen LogP contribution in [-0.2, 0) is 10.2 Å². The summed E-state index contributed by atoms with van der Waals surface area (Å²) in [4.78, 5) is 2.12. The number of nitrogens with zero attached hydrogens (tertiary/aromatic N) is 1. The molecule has 0 amide bonds. The Morgan fingerprint density at radius 1 is 1.18 bits per heavy atom. The van der Waals surface area contributed by atoms with Crippen molar-refractivity contribution in [2.45, 2.75) is 45.1 Å². The maximum atomic E-state index is 9.86. The molecule has 2 aromatic rings. The predicted octanol–water partition coefficient (Wildman–Crippen LogP) is 5.25. The molecule has 3 heteroatoms. The minimum atomic E-state index is -0.0648. The fourth-order valence-electron chi connectivity index (χ4n) is 4.11. The maximum Gasteiger partial charge on any atom is 0.0659 e. The van der Waals surface area contributed by atoms with Crippen molar-refractivity contribution < 1.29 is 9.84 Å². The lowest BCUT2D eigenvalue weighted by Gasteiger charge is -2.36. The van der Waals surface area contributed by atoms with Crippen molar-refractivity contribution in [2.24, 2.45) is 0 Å². The third kappa shape index (κ3) is 4.65. The van der Waals surface area contributed by atoms with E-state index in [0.29, 0.717) is 6.61 Å². The number of hydrogen-bond acceptors (Lipinski definition) is 3. The average molecular weight is 382 g/mol. The Morgan fingerprint density at radius 3 is 2.36 bits per heavy atom. The lowest BCUT2D eigenvalue weighted by atomic mass is 9.79. The quantitative estimate of drug-likeness (QED) is 0.634. The Balaban J connectivity index is 2.72. The zero-order chi connectivity index (χ0) is 20.9. The highest BCUT2D eigenvalue weighted by Crippen LogP contribution is 2.37. The minimum Gasteiger partial charge on any atom is -0.392 e. The van der Waals surface area contributed by atoms with Gasteiger partial charge in [-0.05, 0) is 46.0 Å². The number of ether oxygens (including phenoxy) is 1. The molecule has 0 spiro atoms. The molecular weight excluding hydrogens is 346 g/mol. The van der Waals surface area contributed by atoms with E-state index >= 15 is 0 Å². The fraction of sp³-hybridized carbons (Fsp3) is 0.440. The van der Waals surface area contributed by atoms with Gasteiger partial charge in [0.15, 0.2) is 0 Å². The van der Waals surface area contributed by atoms with E-state index in [-0.39, 0.29) is 24.0 Å². The van der Waals surface area contributed by atoms with Crippen LogP contribution in [0.25, 0.3) is 10.8 Å². The van der Waals surface area contributed by atoms with Gasteiger partial charge in [0.1, 0.15) is 0 Å². The van der Waals surface area contributed by atoms with E-state index in [1.165, 1.54) is 21.9 Å². The zero-order valence-electron chi connectivity index (χ0n) is 18.2. The number of methoxy groups -OCH3 is 1. The highest BCUT2D eigenvalue weighted by molar-refractivity contribution is 5.90.